The molecular weight excluding hydrogens is 280 g/mol. The molecule has 0 heterocycles. The van der Waals surface area contributed by atoms with Crippen molar-refractivity contribution in [2.45, 2.75) is 63.0 Å². The predicted molar refractivity (Wildman–Crippen MR) is 84.6 cm³/mol. The zero-order valence-electron chi connectivity index (χ0n) is 13.9. The van der Waals surface area contributed by atoms with Gasteiger partial charge in [0.1, 0.15) is 0 Å². The van der Waals surface area contributed by atoms with Gasteiger partial charge in [-0.25, -0.2) is 4.79 Å². The first-order valence-electron chi connectivity index (χ1n) is 8.67. The quantitative estimate of drug-likeness (QED) is 0.703. The minimum Gasteiger partial charge on any atom is -0.388 e. The third kappa shape index (κ3) is 3.57. The standard InChI is InChI=1S/C17H30N2O3/c1-16(21,3-4-22-2)11-18-15(20)19-17-8-12-5-13(9-17)7-14(6-12)10-17/h12-14,21H,3-11H2,1-2H3,(H2,18,19,20). The molecule has 4 aliphatic carbocycles. The number of amides is 2. The van der Waals surface area contributed by atoms with E-state index < -0.39 is 5.60 Å². The Morgan fingerprint density at radius 3 is 2.27 bits per heavy atom. The van der Waals surface area contributed by atoms with E-state index in [1.54, 1.807) is 14.0 Å². The van der Waals surface area contributed by atoms with Crippen molar-refractivity contribution < 1.29 is 14.6 Å². The van der Waals surface area contributed by atoms with E-state index in [-0.39, 0.29) is 18.1 Å². The number of hydrogen-bond acceptors (Lipinski definition) is 3. The molecule has 0 spiro atoms. The van der Waals surface area contributed by atoms with Crippen LogP contribution in [0.1, 0.15) is 51.9 Å². The van der Waals surface area contributed by atoms with E-state index in [2.05, 4.69) is 10.6 Å². The van der Waals surface area contributed by atoms with E-state index in [0.717, 1.165) is 37.0 Å². The van der Waals surface area contributed by atoms with Crippen molar-refractivity contribution >= 4 is 6.03 Å². The minimum absolute atomic E-state index is 0.0250. The van der Waals surface area contributed by atoms with E-state index >= 15 is 0 Å². The van der Waals surface area contributed by atoms with Crippen LogP contribution in [0.3, 0.4) is 0 Å². The third-order valence-corrected chi connectivity index (χ3v) is 5.89. The van der Waals surface area contributed by atoms with Crippen molar-refractivity contribution in [2.24, 2.45) is 17.8 Å². The maximum absolute atomic E-state index is 12.3. The van der Waals surface area contributed by atoms with Crippen LogP contribution in [0, 0.1) is 17.8 Å². The summed E-state index contributed by atoms with van der Waals surface area (Å²) in [5.41, 5.74) is -0.897. The number of methoxy groups -OCH3 is 1. The lowest BCUT2D eigenvalue weighted by atomic mass is 9.53. The van der Waals surface area contributed by atoms with Crippen LogP contribution in [0.4, 0.5) is 4.79 Å². The van der Waals surface area contributed by atoms with Crippen molar-refractivity contribution in [1.29, 1.82) is 0 Å². The van der Waals surface area contributed by atoms with Gasteiger partial charge in [-0.15, -0.1) is 0 Å². The highest BCUT2D eigenvalue weighted by molar-refractivity contribution is 5.75. The van der Waals surface area contributed by atoms with E-state index in [1.807, 2.05) is 0 Å². The molecule has 4 bridgehead atoms. The Kier molecular flexibility index (Phi) is 4.38. The first-order valence-corrected chi connectivity index (χ1v) is 8.67. The molecule has 0 aromatic rings. The normalized spacial score (nSPS) is 38.6. The summed E-state index contributed by atoms with van der Waals surface area (Å²) >= 11 is 0. The van der Waals surface area contributed by atoms with E-state index in [0.29, 0.717) is 13.0 Å². The highest BCUT2D eigenvalue weighted by atomic mass is 16.5. The summed E-state index contributed by atoms with van der Waals surface area (Å²) in [6.45, 7) is 2.48. The molecular formula is C17H30N2O3. The Morgan fingerprint density at radius 2 is 1.77 bits per heavy atom. The van der Waals surface area contributed by atoms with Crippen molar-refractivity contribution in [1.82, 2.24) is 10.6 Å². The van der Waals surface area contributed by atoms with E-state index in [4.69, 9.17) is 4.74 Å². The molecule has 4 rings (SSSR count). The minimum atomic E-state index is -0.922. The fraction of sp³-hybridized carbons (Fsp3) is 0.941. The molecule has 0 saturated heterocycles. The lowest BCUT2D eigenvalue weighted by Gasteiger charge is -2.56. The SMILES string of the molecule is COCCC(C)(O)CNC(=O)NC12CC3CC(CC(C3)C1)C2. The monoisotopic (exact) mass is 310 g/mol. The molecule has 0 radical (unpaired) electrons. The van der Waals surface area contributed by atoms with E-state index in [1.165, 1.54) is 19.3 Å². The lowest BCUT2D eigenvalue weighted by Crippen LogP contribution is -2.62. The molecule has 0 aliphatic heterocycles. The second-order valence-electron chi connectivity index (χ2n) is 8.25. The van der Waals surface area contributed by atoms with Gasteiger partial charge in [0.2, 0.25) is 0 Å². The molecule has 4 aliphatic rings. The summed E-state index contributed by atoms with van der Waals surface area (Å²) in [5, 5.41) is 16.3. The molecule has 22 heavy (non-hydrogen) atoms. The Balaban J connectivity index is 1.50. The van der Waals surface area contributed by atoms with Crippen LogP contribution >= 0.6 is 0 Å². The Hall–Kier alpha value is -0.810. The Bertz CT molecular complexity index is 387. The molecule has 126 valence electrons. The van der Waals surface area contributed by atoms with Gasteiger partial charge < -0.3 is 20.5 Å². The summed E-state index contributed by atoms with van der Waals surface area (Å²) in [6, 6.07) is -0.125. The molecule has 2 amide bonds. The maximum Gasteiger partial charge on any atom is 0.315 e. The molecule has 0 aromatic heterocycles. The van der Waals surface area contributed by atoms with Gasteiger partial charge in [0.15, 0.2) is 0 Å². The van der Waals surface area contributed by atoms with Crippen LogP contribution in [0.2, 0.25) is 0 Å². The van der Waals surface area contributed by atoms with Crippen molar-refractivity contribution in [2.75, 3.05) is 20.3 Å². The zero-order valence-corrected chi connectivity index (χ0v) is 13.9. The maximum atomic E-state index is 12.3. The van der Waals surface area contributed by atoms with Gasteiger partial charge in [-0.2, -0.15) is 0 Å². The van der Waals surface area contributed by atoms with Gasteiger partial charge in [0.25, 0.3) is 0 Å². The number of hydrogen-bond donors (Lipinski definition) is 3. The van der Waals surface area contributed by atoms with Crippen LogP contribution in [0.5, 0.6) is 0 Å². The number of carbonyl (C=O) groups is 1. The number of nitrogens with one attached hydrogen (secondary N) is 2. The van der Waals surface area contributed by atoms with Crippen molar-refractivity contribution in [3.8, 4) is 0 Å². The average Bonchev–Trinajstić information content (AvgIpc) is 2.41. The summed E-state index contributed by atoms with van der Waals surface area (Å²) < 4.78 is 4.99. The van der Waals surface area contributed by atoms with Crippen LogP contribution in [0.15, 0.2) is 0 Å². The van der Waals surface area contributed by atoms with Gasteiger partial charge in [0, 0.05) is 32.2 Å². The van der Waals surface area contributed by atoms with Crippen molar-refractivity contribution in [3.05, 3.63) is 0 Å². The largest absolute Gasteiger partial charge is 0.388 e. The molecule has 1 atom stereocenters. The summed E-state index contributed by atoms with van der Waals surface area (Å²) in [6.07, 6.45) is 8.06. The van der Waals surface area contributed by atoms with Crippen LogP contribution in [0.25, 0.3) is 0 Å². The van der Waals surface area contributed by atoms with Gasteiger partial charge in [-0.05, 0) is 63.2 Å². The van der Waals surface area contributed by atoms with Crippen LogP contribution in [-0.2, 0) is 4.74 Å². The molecule has 0 aromatic carbocycles. The number of rotatable bonds is 6. The highest BCUT2D eigenvalue weighted by Crippen LogP contribution is 2.55. The molecule has 1 unspecified atom stereocenters. The molecule has 4 fully saturated rings. The average molecular weight is 310 g/mol. The van der Waals surface area contributed by atoms with Gasteiger partial charge in [-0.3, -0.25) is 0 Å². The number of urea groups is 1. The fourth-order valence-corrected chi connectivity index (χ4v) is 5.23. The van der Waals surface area contributed by atoms with Crippen LogP contribution < -0.4 is 10.6 Å². The number of aliphatic hydroxyl groups is 1. The third-order valence-electron chi connectivity index (χ3n) is 5.89. The number of ether oxygens (including phenoxy) is 1. The first kappa shape index (κ1) is 16.1. The smallest absolute Gasteiger partial charge is 0.315 e. The lowest BCUT2D eigenvalue weighted by molar-refractivity contribution is -0.0145. The summed E-state index contributed by atoms with van der Waals surface area (Å²) in [5.74, 6) is 2.45. The molecule has 4 saturated carbocycles. The summed E-state index contributed by atoms with van der Waals surface area (Å²) in [4.78, 5) is 12.3. The Labute approximate surface area is 133 Å². The molecule has 5 nitrogen and oxygen atoms in total. The van der Waals surface area contributed by atoms with Gasteiger partial charge in [0.05, 0.1) is 5.60 Å². The highest BCUT2D eigenvalue weighted by Gasteiger charge is 2.51. The first-order chi connectivity index (χ1) is 10.4. The number of carbonyl (C=O) groups excluding carboxylic acids is 1. The van der Waals surface area contributed by atoms with Gasteiger partial charge >= 0.3 is 6.03 Å². The van der Waals surface area contributed by atoms with Gasteiger partial charge in [-0.1, -0.05) is 0 Å². The Morgan fingerprint density at radius 1 is 1.23 bits per heavy atom. The second kappa shape index (κ2) is 6.00. The summed E-state index contributed by atoms with van der Waals surface area (Å²) in [7, 11) is 1.61. The van der Waals surface area contributed by atoms with Crippen LogP contribution in [-0.4, -0.2) is 42.5 Å². The topological polar surface area (TPSA) is 70.6 Å². The second-order valence-corrected chi connectivity index (χ2v) is 8.25. The zero-order chi connectivity index (χ0) is 15.8. The molecule has 3 N–H and O–H groups in total. The predicted octanol–water partition coefficient (Wildman–Crippen LogP) is 2.04. The van der Waals surface area contributed by atoms with E-state index in [9.17, 15) is 9.90 Å². The molecule has 5 heteroatoms. The van der Waals surface area contributed by atoms with Crippen molar-refractivity contribution in [3.63, 3.8) is 0 Å². The fourth-order valence-electron chi connectivity index (χ4n) is 5.23.